The molecule has 514 valence electrons. The number of hydrogen-bond acceptors (Lipinski definition) is 17. The van der Waals surface area contributed by atoms with Gasteiger partial charge in [-0.25, -0.2) is 9.59 Å². The summed E-state index contributed by atoms with van der Waals surface area (Å²) in [6.45, 7) is 7.44. The van der Waals surface area contributed by atoms with Crippen molar-refractivity contribution in [2.75, 3.05) is 32.9 Å². The van der Waals surface area contributed by atoms with Crippen molar-refractivity contribution >= 4 is 65.4 Å². The molecule has 28 heteroatoms. The molecule has 6 rings (SSSR count). The topological polar surface area (TPSA) is 419 Å². The van der Waals surface area contributed by atoms with E-state index in [2.05, 4.69) is 58.5 Å². The standard InChI is InChI=1S/C67H89N11O17/c1-8-38(6)52-63(89)75-53(39(7)81)62(88)69-31-51(82)70-49(32-79)60(86)73-50(33-80)61(87)76-54(41-22-13-10-14-23-41)55(78-67(93)95-35-46-44-26-17-15-24-42(44)43-25-16-18-27-45(43)46)64(90)77-56(57(83)37(4)5)65(91)72-48(30-36(2)3)59(85)71-47(58(84)74-52)28-19-29-68-66(92)94-34-40-20-11-9-12-21-40/h9-18,20-27,36-39,46-50,52-57,79-81,83H,8,19,28-35H2,1-7H3,(H,68,92)(H,69,88)(H,70,82)(H,71,85)(H,72,91)(H,73,86)(H,74,84)(H,75,89)(H,76,87)(H,77,90)(H,78,93)/t38-,39-,47+,48-,49-,50?,52-,53-,54+,55-,56-,57+/m0/s1. The minimum atomic E-state index is -2.00. The average Bonchev–Trinajstić information content (AvgIpc) is 1.63. The van der Waals surface area contributed by atoms with E-state index < -0.39 is 169 Å². The van der Waals surface area contributed by atoms with Crippen molar-refractivity contribution in [3.63, 3.8) is 0 Å². The summed E-state index contributed by atoms with van der Waals surface area (Å²) < 4.78 is 11.2. The second kappa shape index (κ2) is 36.2. The van der Waals surface area contributed by atoms with E-state index in [1.807, 2.05) is 48.5 Å². The molecular formula is C67H89N11O17. The van der Waals surface area contributed by atoms with Gasteiger partial charge in [0.05, 0.1) is 38.0 Å². The van der Waals surface area contributed by atoms with Gasteiger partial charge in [-0.15, -0.1) is 0 Å². The maximum absolute atomic E-state index is 15.4. The van der Waals surface area contributed by atoms with Crippen molar-refractivity contribution in [3.05, 3.63) is 131 Å². The molecule has 1 aliphatic carbocycles. The Bertz CT molecular complexity index is 3260. The Balaban J connectivity index is 1.40. The number of carbonyl (C=O) groups is 11. The van der Waals surface area contributed by atoms with E-state index >= 15 is 4.79 Å². The van der Waals surface area contributed by atoms with Gasteiger partial charge in [0.2, 0.25) is 53.2 Å². The Morgan fingerprint density at radius 3 is 1.65 bits per heavy atom. The van der Waals surface area contributed by atoms with Crippen molar-refractivity contribution < 1.29 is 82.6 Å². The number of fused-ring (bicyclic) bond motifs is 3. The van der Waals surface area contributed by atoms with Crippen molar-refractivity contribution in [1.29, 1.82) is 0 Å². The lowest BCUT2D eigenvalue weighted by Crippen LogP contribution is -2.64. The molecule has 1 unspecified atom stereocenters. The summed E-state index contributed by atoms with van der Waals surface area (Å²) in [7, 11) is 0. The summed E-state index contributed by atoms with van der Waals surface area (Å²) >= 11 is 0. The lowest BCUT2D eigenvalue weighted by atomic mass is 9.94. The van der Waals surface area contributed by atoms with Crippen LogP contribution in [0.25, 0.3) is 11.1 Å². The van der Waals surface area contributed by atoms with Crippen LogP contribution in [-0.2, 0) is 59.2 Å². The normalized spacial score (nSPS) is 23.3. The van der Waals surface area contributed by atoms with Crippen molar-refractivity contribution in [2.45, 2.75) is 153 Å². The SMILES string of the molecule is CC[C@H](C)[C@@H]1NC(=O)[C@@H](CCCNC(=O)OCc2ccccc2)NC(=O)[C@H](CC(C)C)NC(=O)[C@H]([C@H](O)C(C)C)NC(=O)[C@@H](NC(=O)OCC2c3ccccc3-c3ccccc32)[C@@H](c2ccccc2)NC(=O)C(CO)NC(=O)[C@H](CO)NC(=O)CNC(=O)[C@H]([C@H](C)O)NC1=O. The fourth-order valence-electron chi connectivity index (χ4n) is 10.8. The summed E-state index contributed by atoms with van der Waals surface area (Å²) in [5.41, 5.74) is 4.34. The Morgan fingerprint density at radius 2 is 1.06 bits per heavy atom. The average molecular weight is 1320 g/mol. The fourth-order valence-corrected chi connectivity index (χ4v) is 10.8. The van der Waals surface area contributed by atoms with Gasteiger partial charge in [-0.2, -0.15) is 0 Å². The first-order valence-electron chi connectivity index (χ1n) is 31.7. The highest BCUT2D eigenvalue weighted by Crippen LogP contribution is 2.44. The molecule has 0 bridgehead atoms. The third-order valence-electron chi connectivity index (χ3n) is 16.3. The maximum Gasteiger partial charge on any atom is 0.407 e. The van der Waals surface area contributed by atoms with Crippen LogP contribution in [0, 0.1) is 17.8 Å². The third-order valence-corrected chi connectivity index (χ3v) is 16.3. The van der Waals surface area contributed by atoms with Gasteiger partial charge in [-0.05, 0) is 77.3 Å². The van der Waals surface area contributed by atoms with E-state index in [1.54, 1.807) is 64.1 Å². The highest BCUT2D eigenvalue weighted by Gasteiger charge is 2.42. The van der Waals surface area contributed by atoms with Gasteiger partial charge >= 0.3 is 12.2 Å². The lowest BCUT2D eigenvalue weighted by molar-refractivity contribution is -0.138. The van der Waals surface area contributed by atoms with Crippen LogP contribution in [0.15, 0.2) is 109 Å². The molecule has 12 atom stereocenters. The van der Waals surface area contributed by atoms with Gasteiger partial charge in [0.25, 0.3) is 0 Å². The quantitative estimate of drug-likeness (QED) is 0.0567. The molecule has 2 aliphatic rings. The first kappa shape index (κ1) is 74.5. The first-order chi connectivity index (χ1) is 45.3. The van der Waals surface area contributed by atoms with Crippen LogP contribution in [-0.4, -0.2) is 179 Å². The van der Waals surface area contributed by atoms with Gasteiger partial charge < -0.3 is 88.4 Å². The summed E-state index contributed by atoms with van der Waals surface area (Å²) in [4.78, 5) is 157. The summed E-state index contributed by atoms with van der Waals surface area (Å²) in [5.74, 6) is -12.2. The molecule has 1 heterocycles. The monoisotopic (exact) mass is 1320 g/mol. The molecule has 0 aromatic heterocycles. The minimum Gasteiger partial charge on any atom is -0.449 e. The summed E-state index contributed by atoms with van der Waals surface area (Å²) in [5, 5.41) is 71.1. The third kappa shape index (κ3) is 21.2. The van der Waals surface area contributed by atoms with Crippen LogP contribution in [0.4, 0.5) is 9.59 Å². The number of aliphatic hydroxyl groups is 4. The molecule has 0 radical (unpaired) electrons. The molecule has 11 amide bonds. The van der Waals surface area contributed by atoms with E-state index in [-0.39, 0.29) is 56.9 Å². The largest absolute Gasteiger partial charge is 0.449 e. The fraction of sp³-hybridized carbons (Fsp3) is 0.478. The Kier molecular flexibility index (Phi) is 28.4. The maximum atomic E-state index is 15.4. The van der Waals surface area contributed by atoms with Gasteiger partial charge in [-0.1, -0.05) is 157 Å². The van der Waals surface area contributed by atoms with Crippen LogP contribution in [0.2, 0.25) is 0 Å². The molecular weight excluding hydrogens is 1230 g/mol. The van der Waals surface area contributed by atoms with Crippen LogP contribution in [0.3, 0.4) is 0 Å². The molecule has 4 aromatic rings. The molecule has 0 spiro atoms. The highest BCUT2D eigenvalue weighted by atomic mass is 16.6. The number of carbonyl (C=O) groups excluding carboxylic acids is 11. The van der Waals surface area contributed by atoms with E-state index in [0.717, 1.165) is 29.2 Å². The number of benzene rings is 4. The van der Waals surface area contributed by atoms with Gasteiger partial charge in [-0.3, -0.25) is 43.2 Å². The summed E-state index contributed by atoms with van der Waals surface area (Å²) in [6, 6.07) is 15.8. The predicted molar refractivity (Wildman–Crippen MR) is 345 cm³/mol. The highest BCUT2D eigenvalue weighted by molar-refractivity contribution is 5.99. The Labute approximate surface area is 551 Å². The summed E-state index contributed by atoms with van der Waals surface area (Å²) in [6.07, 6.45) is -5.44. The smallest absolute Gasteiger partial charge is 0.407 e. The number of aliphatic hydroxyl groups excluding tert-OH is 4. The first-order valence-corrected chi connectivity index (χ1v) is 31.7. The van der Waals surface area contributed by atoms with Crippen molar-refractivity contribution in [2.24, 2.45) is 17.8 Å². The van der Waals surface area contributed by atoms with Crippen molar-refractivity contribution in [1.82, 2.24) is 58.5 Å². The molecule has 0 saturated carbocycles. The number of ether oxygens (including phenoxy) is 2. The van der Waals surface area contributed by atoms with E-state index in [4.69, 9.17) is 9.47 Å². The molecule has 28 nitrogen and oxygen atoms in total. The molecule has 4 aromatic carbocycles. The zero-order valence-electron chi connectivity index (χ0n) is 54.2. The van der Waals surface area contributed by atoms with Crippen molar-refractivity contribution in [3.8, 4) is 11.1 Å². The zero-order chi connectivity index (χ0) is 69.5. The Hall–Kier alpha value is -9.51. The number of amides is 11. The van der Waals surface area contributed by atoms with E-state index in [9.17, 15) is 68.4 Å². The second-order valence-corrected chi connectivity index (χ2v) is 24.3. The van der Waals surface area contributed by atoms with Crippen LogP contribution in [0.5, 0.6) is 0 Å². The van der Waals surface area contributed by atoms with Gasteiger partial charge in [0.1, 0.15) is 61.5 Å². The van der Waals surface area contributed by atoms with E-state index in [0.29, 0.717) is 5.56 Å². The number of nitrogens with one attached hydrogen (secondary N) is 11. The number of alkyl carbamates (subject to hydrolysis) is 2. The number of rotatable bonds is 19. The van der Waals surface area contributed by atoms with E-state index in [1.165, 1.54) is 38.1 Å². The predicted octanol–water partition coefficient (Wildman–Crippen LogP) is 0.456. The zero-order valence-corrected chi connectivity index (χ0v) is 54.2. The molecule has 1 fully saturated rings. The lowest BCUT2D eigenvalue weighted by Gasteiger charge is -2.33. The number of hydrogen-bond donors (Lipinski definition) is 15. The minimum absolute atomic E-state index is 0.00674. The van der Waals surface area contributed by atoms with Gasteiger partial charge in [0.15, 0.2) is 0 Å². The molecule has 15 N–H and O–H groups in total. The molecule has 1 aliphatic heterocycles. The Morgan fingerprint density at radius 1 is 0.547 bits per heavy atom. The molecule has 1 saturated heterocycles. The molecule has 95 heavy (non-hydrogen) atoms. The van der Waals surface area contributed by atoms with Gasteiger partial charge in [0, 0.05) is 12.5 Å². The van der Waals surface area contributed by atoms with Crippen LogP contribution in [0.1, 0.15) is 108 Å². The van der Waals surface area contributed by atoms with Crippen LogP contribution < -0.4 is 58.5 Å². The van der Waals surface area contributed by atoms with Crippen LogP contribution >= 0.6 is 0 Å². The second-order valence-electron chi connectivity index (χ2n) is 24.3.